The summed E-state index contributed by atoms with van der Waals surface area (Å²) in [4.78, 5) is 11.0. The van der Waals surface area contributed by atoms with Crippen LogP contribution in [0.5, 0.6) is 0 Å². The molecule has 124 valence electrons. The lowest BCUT2D eigenvalue weighted by molar-refractivity contribution is -0.788. The number of carbonyl (C=O) groups is 1. The number of oxime groups is 1. The van der Waals surface area contributed by atoms with Crippen molar-refractivity contribution < 1.29 is 50.1 Å². The van der Waals surface area contributed by atoms with Gasteiger partial charge in [-0.05, 0) is 6.07 Å². The van der Waals surface area contributed by atoms with Gasteiger partial charge in [-0.25, -0.2) is 0 Å². The molecule has 2 rings (SSSR count). The number of nitrogens with two attached hydrogens (primary N) is 1. The van der Waals surface area contributed by atoms with Gasteiger partial charge in [0.15, 0.2) is 18.6 Å². The Kier molecular flexibility index (Phi) is 8.59. The number of carbonyl (C=O) groups excluding carboxylic acids is 1. The molecule has 0 aliphatic heterocycles. The van der Waals surface area contributed by atoms with Gasteiger partial charge in [0.1, 0.15) is 7.59 Å². The van der Waals surface area contributed by atoms with Crippen molar-refractivity contribution in [3.63, 3.8) is 0 Å². The third-order valence-corrected chi connectivity index (χ3v) is 2.73. The molecule has 2 aromatic rings. The van der Waals surface area contributed by atoms with E-state index < -0.39 is 5.91 Å². The standard InChI is InChI=1S/C14H14N4O3.2ClH/c15-14(19)12-4-7-17(8-5-12)10-21-11-18-6-2-1-3-13(18)9-16-20;;/h1-9H,10-11H2,(H-,15,19);2*1H/i6T;;. The van der Waals surface area contributed by atoms with E-state index in [0.29, 0.717) is 11.3 Å². The fourth-order valence-electron chi connectivity index (χ4n) is 1.67. The van der Waals surface area contributed by atoms with Crippen LogP contribution < -0.4 is 39.7 Å². The first-order chi connectivity index (χ1) is 10.6. The van der Waals surface area contributed by atoms with Crippen molar-refractivity contribution in [1.82, 2.24) is 0 Å². The molecule has 0 saturated carbocycles. The molecule has 1 amide bonds. The van der Waals surface area contributed by atoms with Gasteiger partial charge in [0, 0.05) is 24.3 Å². The fourth-order valence-corrected chi connectivity index (χ4v) is 1.67. The van der Waals surface area contributed by atoms with Crippen LogP contribution in [-0.4, -0.2) is 17.3 Å². The normalized spacial score (nSPS) is 10.5. The summed E-state index contributed by atoms with van der Waals surface area (Å²) in [6, 6.07) is 8.19. The maximum Gasteiger partial charge on any atom is 0.258 e. The predicted octanol–water partition coefficient (Wildman–Crippen LogP) is -6.19. The van der Waals surface area contributed by atoms with Gasteiger partial charge in [-0.2, -0.15) is 9.13 Å². The van der Waals surface area contributed by atoms with Gasteiger partial charge in [-0.3, -0.25) is 9.53 Å². The van der Waals surface area contributed by atoms with Gasteiger partial charge in [0.25, 0.3) is 13.5 Å². The highest BCUT2D eigenvalue weighted by atomic mass is 35.5. The zero-order valence-electron chi connectivity index (χ0n) is 13.0. The van der Waals surface area contributed by atoms with E-state index in [2.05, 4.69) is 5.16 Å². The summed E-state index contributed by atoms with van der Waals surface area (Å²) in [5, 5.41) is 11.6. The third kappa shape index (κ3) is 6.19. The summed E-state index contributed by atoms with van der Waals surface area (Å²) in [6.07, 6.45) is 4.81. The van der Waals surface area contributed by atoms with Crippen LogP contribution >= 0.6 is 0 Å². The molecule has 0 fully saturated rings. The molecule has 2 heterocycles. The van der Waals surface area contributed by atoms with Crippen LogP contribution in [0.25, 0.3) is 0 Å². The van der Waals surface area contributed by atoms with Crippen LogP contribution in [0.1, 0.15) is 17.4 Å². The van der Waals surface area contributed by atoms with Crippen molar-refractivity contribution in [2.75, 3.05) is 0 Å². The first-order valence-electron chi connectivity index (χ1n) is 6.65. The zero-order chi connectivity index (χ0) is 15.9. The maximum atomic E-state index is 11.0. The molecule has 0 bridgehead atoms. The van der Waals surface area contributed by atoms with Crippen LogP contribution in [0.15, 0.2) is 54.1 Å². The van der Waals surface area contributed by atoms with E-state index in [4.69, 9.17) is 17.0 Å². The molecule has 0 radical (unpaired) electrons. The highest BCUT2D eigenvalue weighted by Gasteiger charge is 2.09. The van der Waals surface area contributed by atoms with Crippen LogP contribution in [0, 0.1) is 0 Å². The van der Waals surface area contributed by atoms with E-state index in [-0.39, 0.29) is 44.4 Å². The molecule has 9 heteroatoms. The Morgan fingerprint density at radius 2 is 2.00 bits per heavy atom. The lowest BCUT2D eigenvalue weighted by atomic mass is 10.2. The average molecular weight is 361 g/mol. The molecule has 0 spiro atoms. The smallest absolute Gasteiger partial charge is 0.258 e. The highest BCUT2D eigenvalue weighted by Crippen LogP contribution is 1.93. The molecular weight excluding hydrogens is 343 g/mol. The lowest BCUT2D eigenvalue weighted by Gasteiger charge is -2.00. The second-order valence-corrected chi connectivity index (χ2v) is 4.18. The second kappa shape index (κ2) is 10.5. The SMILES string of the molecule is [3H]c1cccc(/C=N\O)[n+]1COC[n+]1ccc(C(N)=O)cc1.[Cl-].[Cl-]. The summed E-state index contributed by atoms with van der Waals surface area (Å²) in [5.74, 6) is -0.486. The molecule has 0 atom stereocenters. The van der Waals surface area contributed by atoms with Crippen molar-refractivity contribution in [3.8, 4) is 0 Å². The third-order valence-electron chi connectivity index (χ3n) is 2.73. The number of halogens is 2. The van der Waals surface area contributed by atoms with Crippen molar-refractivity contribution in [1.29, 1.82) is 0 Å². The predicted molar refractivity (Wildman–Crippen MR) is 72.3 cm³/mol. The molecule has 0 aliphatic rings. The second-order valence-electron chi connectivity index (χ2n) is 4.18. The molecule has 2 aromatic heterocycles. The van der Waals surface area contributed by atoms with E-state index in [1.807, 2.05) is 0 Å². The first-order valence-corrected chi connectivity index (χ1v) is 6.15. The number of ether oxygens (including phenoxy) is 1. The molecule has 0 aromatic carbocycles. The number of amides is 1. The summed E-state index contributed by atoms with van der Waals surface area (Å²) < 4.78 is 16.6. The molecule has 0 unspecified atom stereocenters. The summed E-state index contributed by atoms with van der Waals surface area (Å²) in [5.41, 5.74) is 6.13. The molecule has 23 heavy (non-hydrogen) atoms. The summed E-state index contributed by atoms with van der Waals surface area (Å²) in [7, 11) is 0. The maximum absolute atomic E-state index is 11.0. The minimum Gasteiger partial charge on any atom is -1.00 e. The molecule has 0 saturated heterocycles. The lowest BCUT2D eigenvalue weighted by Crippen LogP contribution is -3.00. The zero-order valence-corrected chi connectivity index (χ0v) is 13.5. The van der Waals surface area contributed by atoms with Crippen molar-refractivity contribution >= 4 is 12.1 Å². The molecule has 3 N–H and O–H groups in total. The first kappa shape index (κ1) is 18.8. The minimum absolute atomic E-state index is 0. The monoisotopic (exact) mass is 360 g/mol. The Bertz CT molecular complexity index is 699. The number of hydrogen-bond acceptors (Lipinski definition) is 4. The Hall–Kier alpha value is -2.22. The summed E-state index contributed by atoms with van der Waals surface area (Å²) >= 11 is 0. The van der Waals surface area contributed by atoms with Gasteiger partial charge in [0.05, 0.1) is 5.56 Å². The highest BCUT2D eigenvalue weighted by molar-refractivity contribution is 5.92. The number of rotatable bonds is 6. The van der Waals surface area contributed by atoms with E-state index in [1.165, 1.54) is 10.8 Å². The molecular formula is C14H16Cl2N4O3. The van der Waals surface area contributed by atoms with E-state index in [9.17, 15) is 4.79 Å². The Balaban J connectivity index is 0.00000264. The Morgan fingerprint density at radius 3 is 2.61 bits per heavy atom. The number of nitrogens with zero attached hydrogens (tertiary/aromatic N) is 3. The van der Waals surface area contributed by atoms with E-state index >= 15 is 0 Å². The van der Waals surface area contributed by atoms with Gasteiger partial charge >= 0.3 is 0 Å². The summed E-state index contributed by atoms with van der Waals surface area (Å²) in [6.45, 7) is 0.349. The fraction of sp³-hybridized carbons (Fsp3) is 0.143. The minimum atomic E-state index is -0.486. The average Bonchev–Trinajstić information content (AvgIpc) is 2.51. The van der Waals surface area contributed by atoms with Gasteiger partial charge < -0.3 is 35.8 Å². The van der Waals surface area contributed by atoms with Crippen molar-refractivity contribution in [3.05, 3.63) is 60.2 Å². The Morgan fingerprint density at radius 1 is 1.30 bits per heavy atom. The van der Waals surface area contributed by atoms with Crippen molar-refractivity contribution in [2.24, 2.45) is 10.9 Å². The molecule has 7 nitrogen and oxygen atoms in total. The van der Waals surface area contributed by atoms with Crippen molar-refractivity contribution in [2.45, 2.75) is 13.5 Å². The quantitative estimate of drug-likeness (QED) is 0.232. The van der Waals surface area contributed by atoms with Crippen LogP contribution in [0.2, 0.25) is 0 Å². The number of hydrogen-bond donors (Lipinski definition) is 2. The number of primary amides is 1. The van der Waals surface area contributed by atoms with Gasteiger partial charge in [-0.15, -0.1) is 0 Å². The number of pyridine rings is 2. The van der Waals surface area contributed by atoms with Gasteiger partial charge in [0.2, 0.25) is 11.6 Å². The topological polar surface area (TPSA) is 92.7 Å². The van der Waals surface area contributed by atoms with Crippen LogP contribution in [-0.2, 0) is 18.2 Å². The van der Waals surface area contributed by atoms with Gasteiger partial charge in [-0.1, -0.05) is 5.16 Å². The van der Waals surface area contributed by atoms with E-state index in [0.717, 1.165) is 0 Å². The molecule has 0 aliphatic carbocycles. The largest absolute Gasteiger partial charge is 1.00 e. The number of aromatic nitrogens is 2. The Labute approximate surface area is 147 Å². The van der Waals surface area contributed by atoms with Crippen LogP contribution in [0.3, 0.4) is 0 Å². The van der Waals surface area contributed by atoms with E-state index in [1.54, 1.807) is 47.3 Å². The van der Waals surface area contributed by atoms with Crippen LogP contribution in [0.4, 0.5) is 0 Å².